The molecule has 0 aliphatic carbocycles. The molecule has 1 aromatic heterocycles. The maximum atomic E-state index is 13.0. The van der Waals surface area contributed by atoms with E-state index in [4.69, 9.17) is 0 Å². The fourth-order valence-electron chi connectivity index (χ4n) is 1.17. The highest BCUT2D eigenvalue weighted by molar-refractivity contribution is 9.10. The van der Waals surface area contributed by atoms with Gasteiger partial charge >= 0.3 is 6.18 Å². The number of nitrogens with zero attached hydrogens (tertiary/aromatic N) is 1. The lowest BCUT2D eigenvalue weighted by Gasteiger charge is -2.26. The van der Waals surface area contributed by atoms with Crippen LogP contribution < -0.4 is 4.72 Å². The molecule has 1 heterocycles. The highest BCUT2D eigenvalue weighted by Gasteiger charge is 2.43. The van der Waals surface area contributed by atoms with Gasteiger partial charge in [0.25, 0.3) is 0 Å². The smallest absolute Gasteiger partial charge is 0.249 e. The SMILES string of the molecule is CC(C)(C)[S@@](=O)N[C@@H](c1ccc(Br)nc1)C(F)(F)F. The lowest BCUT2D eigenvalue weighted by Crippen LogP contribution is -2.41. The Morgan fingerprint density at radius 1 is 1.32 bits per heavy atom. The van der Waals surface area contributed by atoms with Crippen molar-refractivity contribution >= 4 is 26.9 Å². The largest absolute Gasteiger partial charge is 0.408 e. The van der Waals surface area contributed by atoms with Gasteiger partial charge in [-0.05, 0) is 48.3 Å². The van der Waals surface area contributed by atoms with Crippen LogP contribution in [-0.2, 0) is 11.0 Å². The van der Waals surface area contributed by atoms with Crippen LogP contribution in [0.5, 0.6) is 0 Å². The first kappa shape index (κ1) is 16.6. The molecule has 0 bridgehead atoms. The van der Waals surface area contributed by atoms with Gasteiger partial charge in [-0.25, -0.2) is 13.9 Å². The quantitative estimate of drug-likeness (QED) is 0.840. The molecule has 0 aromatic carbocycles. The molecule has 0 saturated carbocycles. The fourth-order valence-corrected chi connectivity index (χ4v) is 2.24. The van der Waals surface area contributed by atoms with E-state index >= 15 is 0 Å². The number of nitrogens with one attached hydrogen (secondary N) is 1. The summed E-state index contributed by atoms with van der Waals surface area (Å²) in [5, 5.41) is 0. The molecule has 0 spiro atoms. The van der Waals surface area contributed by atoms with Gasteiger partial charge in [-0.3, -0.25) is 0 Å². The standard InChI is InChI=1S/C11H14BrF3N2OS/c1-10(2,3)19(18)17-9(11(13,14)15)7-4-5-8(12)16-6-7/h4-6,9,17H,1-3H3/t9-,19+/m0/s1. The molecule has 19 heavy (non-hydrogen) atoms. The lowest BCUT2D eigenvalue weighted by atomic mass is 10.1. The van der Waals surface area contributed by atoms with E-state index in [1.54, 1.807) is 20.8 Å². The molecule has 0 unspecified atom stereocenters. The summed E-state index contributed by atoms with van der Waals surface area (Å²) in [5.41, 5.74) is -0.0756. The molecule has 1 N–H and O–H groups in total. The van der Waals surface area contributed by atoms with E-state index in [0.717, 1.165) is 6.20 Å². The van der Waals surface area contributed by atoms with Crippen molar-refractivity contribution in [2.24, 2.45) is 0 Å². The highest BCUT2D eigenvalue weighted by atomic mass is 79.9. The van der Waals surface area contributed by atoms with Crippen LogP contribution in [0.1, 0.15) is 32.4 Å². The Morgan fingerprint density at radius 2 is 1.89 bits per heavy atom. The van der Waals surface area contributed by atoms with Gasteiger partial charge in [-0.1, -0.05) is 6.07 Å². The van der Waals surface area contributed by atoms with E-state index in [1.165, 1.54) is 12.1 Å². The van der Waals surface area contributed by atoms with Crippen molar-refractivity contribution in [3.8, 4) is 0 Å². The fraction of sp³-hybridized carbons (Fsp3) is 0.545. The van der Waals surface area contributed by atoms with Crippen LogP contribution in [0.15, 0.2) is 22.9 Å². The monoisotopic (exact) mass is 358 g/mol. The Labute approximate surface area is 120 Å². The molecule has 0 saturated heterocycles. The Kier molecular flexibility index (Phi) is 5.14. The number of rotatable bonds is 3. The average molecular weight is 359 g/mol. The molecule has 0 aliphatic rings. The molecule has 2 atom stereocenters. The van der Waals surface area contributed by atoms with Gasteiger partial charge < -0.3 is 0 Å². The third-order valence-electron chi connectivity index (χ3n) is 2.19. The van der Waals surface area contributed by atoms with E-state index in [2.05, 4.69) is 25.6 Å². The first-order valence-corrected chi connectivity index (χ1v) is 7.32. The topological polar surface area (TPSA) is 42.0 Å². The maximum absolute atomic E-state index is 13.0. The van der Waals surface area contributed by atoms with Crippen LogP contribution in [0.3, 0.4) is 0 Å². The average Bonchev–Trinajstić information content (AvgIpc) is 2.24. The molecule has 8 heteroatoms. The van der Waals surface area contributed by atoms with Crippen LogP contribution in [0.2, 0.25) is 0 Å². The third kappa shape index (κ3) is 4.85. The van der Waals surface area contributed by atoms with Crippen molar-refractivity contribution in [2.75, 3.05) is 0 Å². The second kappa shape index (κ2) is 5.88. The predicted octanol–water partition coefficient (Wildman–Crippen LogP) is 3.50. The molecule has 3 nitrogen and oxygen atoms in total. The van der Waals surface area contributed by atoms with Crippen LogP contribution >= 0.6 is 15.9 Å². The molecule has 108 valence electrons. The van der Waals surface area contributed by atoms with E-state index in [1.807, 2.05) is 0 Å². The van der Waals surface area contributed by atoms with E-state index in [9.17, 15) is 17.4 Å². The number of hydrogen-bond acceptors (Lipinski definition) is 2. The second-order valence-corrected chi connectivity index (χ2v) is 7.70. The number of hydrogen-bond donors (Lipinski definition) is 1. The highest BCUT2D eigenvalue weighted by Crippen LogP contribution is 2.33. The zero-order valence-corrected chi connectivity index (χ0v) is 13.0. The normalized spacial score (nSPS) is 16.2. The summed E-state index contributed by atoms with van der Waals surface area (Å²) in [6.45, 7) is 4.80. The summed E-state index contributed by atoms with van der Waals surface area (Å²) in [4.78, 5) is 3.76. The number of aromatic nitrogens is 1. The van der Waals surface area contributed by atoms with Crippen molar-refractivity contribution in [3.05, 3.63) is 28.5 Å². The summed E-state index contributed by atoms with van der Waals surface area (Å²) in [6.07, 6.45) is -3.44. The van der Waals surface area contributed by atoms with Crippen molar-refractivity contribution in [3.63, 3.8) is 0 Å². The van der Waals surface area contributed by atoms with Crippen molar-refractivity contribution in [1.82, 2.24) is 9.71 Å². The van der Waals surface area contributed by atoms with Gasteiger partial charge in [0.1, 0.15) is 10.6 Å². The van der Waals surface area contributed by atoms with Crippen molar-refractivity contribution in [2.45, 2.75) is 37.7 Å². The van der Waals surface area contributed by atoms with E-state index in [0.29, 0.717) is 4.60 Å². The zero-order chi connectivity index (χ0) is 14.8. The summed E-state index contributed by atoms with van der Waals surface area (Å²) in [6, 6.07) is 0.700. The van der Waals surface area contributed by atoms with Gasteiger partial charge in [0.05, 0.1) is 15.7 Å². The number of pyridine rings is 1. The maximum Gasteiger partial charge on any atom is 0.408 e. The van der Waals surface area contributed by atoms with Gasteiger partial charge in [0, 0.05) is 6.20 Å². The lowest BCUT2D eigenvalue weighted by molar-refractivity contribution is -0.152. The van der Waals surface area contributed by atoms with Gasteiger partial charge in [0.15, 0.2) is 0 Å². The van der Waals surface area contributed by atoms with Crippen molar-refractivity contribution in [1.29, 1.82) is 0 Å². The Bertz CT molecular complexity index is 456. The van der Waals surface area contributed by atoms with E-state index < -0.39 is 28.0 Å². The first-order chi connectivity index (χ1) is 8.51. The molecule has 1 rings (SSSR count). The van der Waals surface area contributed by atoms with Crippen molar-refractivity contribution < 1.29 is 17.4 Å². The molecular formula is C11H14BrF3N2OS. The van der Waals surface area contributed by atoms with Crippen LogP contribution in [0.25, 0.3) is 0 Å². The zero-order valence-electron chi connectivity index (χ0n) is 10.6. The number of alkyl halides is 3. The Hall–Kier alpha value is -0.470. The minimum Gasteiger partial charge on any atom is -0.249 e. The molecule has 0 amide bonds. The summed E-state index contributed by atoms with van der Waals surface area (Å²) in [5.74, 6) is 0. The third-order valence-corrected chi connectivity index (χ3v) is 4.22. The minimum atomic E-state index is -4.55. The van der Waals surface area contributed by atoms with Crippen LogP contribution in [0.4, 0.5) is 13.2 Å². The molecule has 0 aliphatic heterocycles. The Morgan fingerprint density at radius 3 is 2.26 bits per heavy atom. The molecule has 0 radical (unpaired) electrons. The number of halogens is 4. The Balaban J connectivity index is 3.04. The van der Waals surface area contributed by atoms with Gasteiger partial charge in [-0.2, -0.15) is 13.2 Å². The minimum absolute atomic E-state index is 0.0756. The summed E-state index contributed by atoms with van der Waals surface area (Å²) in [7, 11) is -1.83. The molecule has 0 fully saturated rings. The summed E-state index contributed by atoms with van der Waals surface area (Å²) >= 11 is 3.05. The van der Waals surface area contributed by atoms with Gasteiger partial charge in [-0.15, -0.1) is 0 Å². The summed E-state index contributed by atoms with van der Waals surface area (Å²) < 4.78 is 52.7. The van der Waals surface area contributed by atoms with Gasteiger partial charge in [0.2, 0.25) is 0 Å². The van der Waals surface area contributed by atoms with E-state index in [-0.39, 0.29) is 5.56 Å². The molecule has 1 aromatic rings. The van der Waals surface area contributed by atoms with Crippen LogP contribution in [0, 0.1) is 0 Å². The second-order valence-electron chi connectivity index (χ2n) is 4.89. The molecular weight excluding hydrogens is 345 g/mol. The predicted molar refractivity (Wildman–Crippen MR) is 71.8 cm³/mol. The van der Waals surface area contributed by atoms with Crippen LogP contribution in [-0.4, -0.2) is 20.1 Å². The first-order valence-electron chi connectivity index (χ1n) is 5.38.